The topological polar surface area (TPSA) is 63.6 Å². The average molecular weight is 458 g/mol. The maximum Gasteiger partial charge on any atom is 0.271 e. The van der Waals surface area contributed by atoms with Crippen molar-refractivity contribution in [1.29, 1.82) is 0 Å². The number of carbonyl (C=O) groups excluding carboxylic acids is 2. The van der Waals surface area contributed by atoms with Crippen molar-refractivity contribution in [3.63, 3.8) is 0 Å². The molecule has 0 unspecified atom stereocenters. The molecular formula is C28H31N3O3. The van der Waals surface area contributed by atoms with E-state index >= 15 is 0 Å². The molecule has 1 N–H and O–H groups in total. The first-order chi connectivity index (χ1) is 16.6. The van der Waals surface area contributed by atoms with Gasteiger partial charge >= 0.3 is 0 Å². The van der Waals surface area contributed by atoms with E-state index in [1.54, 1.807) is 0 Å². The van der Waals surface area contributed by atoms with Gasteiger partial charge in [0.2, 0.25) is 5.91 Å². The van der Waals surface area contributed by atoms with Crippen LogP contribution in [0.2, 0.25) is 0 Å². The second-order valence-corrected chi connectivity index (χ2v) is 10.1. The highest BCUT2D eigenvalue weighted by Gasteiger charge is 2.51. The van der Waals surface area contributed by atoms with Crippen LogP contribution >= 0.6 is 0 Å². The van der Waals surface area contributed by atoms with Crippen LogP contribution in [0, 0.1) is 0 Å². The minimum Gasteiger partial charge on any atom is -0.376 e. The standard InChI is InChI=1S/C28H31N3O3/c1-28(27(33)29-17-21-11-7-15-34-21)18-30-23-13-5-3-9-20(23)16-25(30)26(32)31(28)24-14-6-10-19-8-2-4-12-22(19)24/h2-5,8-9,12-13,16,21,24H,6-7,10-11,14-15,17-18H2,1H3,(H,29,33)/t21-,24+,28-/m1/s1. The monoisotopic (exact) mass is 457 g/mol. The molecule has 0 saturated carbocycles. The summed E-state index contributed by atoms with van der Waals surface area (Å²) < 4.78 is 7.77. The molecule has 0 radical (unpaired) electrons. The summed E-state index contributed by atoms with van der Waals surface area (Å²) in [7, 11) is 0. The van der Waals surface area contributed by atoms with Crippen molar-refractivity contribution in [1.82, 2.24) is 14.8 Å². The van der Waals surface area contributed by atoms with Crippen molar-refractivity contribution >= 4 is 22.7 Å². The molecule has 6 rings (SSSR count). The SMILES string of the molecule is C[C@]1(C(=O)NC[C@H]2CCCO2)Cn2c(cc3ccccc32)C(=O)N1[C@H]1CCCc2ccccc21. The van der Waals surface area contributed by atoms with E-state index in [9.17, 15) is 9.59 Å². The minimum atomic E-state index is -1.01. The van der Waals surface area contributed by atoms with Crippen LogP contribution in [0.15, 0.2) is 54.6 Å². The molecule has 176 valence electrons. The third-order valence-electron chi connectivity index (χ3n) is 7.90. The Bertz CT molecular complexity index is 1260. The van der Waals surface area contributed by atoms with E-state index in [-0.39, 0.29) is 24.0 Å². The number of ether oxygens (including phenoxy) is 1. The van der Waals surface area contributed by atoms with Crippen molar-refractivity contribution in [2.24, 2.45) is 0 Å². The van der Waals surface area contributed by atoms with Gasteiger partial charge in [-0.3, -0.25) is 9.59 Å². The van der Waals surface area contributed by atoms with E-state index in [1.807, 2.05) is 52.8 Å². The lowest BCUT2D eigenvalue weighted by Gasteiger charge is -2.49. The number of hydrogen-bond acceptors (Lipinski definition) is 3. The lowest BCUT2D eigenvalue weighted by Crippen LogP contribution is -2.65. The smallest absolute Gasteiger partial charge is 0.271 e. The van der Waals surface area contributed by atoms with Crippen LogP contribution in [-0.2, 0) is 22.5 Å². The molecule has 6 heteroatoms. The molecule has 3 aliphatic rings. The normalized spacial score (nSPS) is 26.4. The number of amides is 2. The summed E-state index contributed by atoms with van der Waals surface area (Å²) >= 11 is 0. The van der Waals surface area contributed by atoms with Crippen LogP contribution < -0.4 is 5.32 Å². The van der Waals surface area contributed by atoms with E-state index in [2.05, 4.69) is 23.5 Å². The van der Waals surface area contributed by atoms with Gasteiger partial charge in [0.1, 0.15) is 11.2 Å². The Labute approximate surface area is 199 Å². The van der Waals surface area contributed by atoms with Gasteiger partial charge in [-0.15, -0.1) is 0 Å². The highest BCUT2D eigenvalue weighted by atomic mass is 16.5. The predicted molar refractivity (Wildman–Crippen MR) is 131 cm³/mol. The molecule has 0 bridgehead atoms. The summed E-state index contributed by atoms with van der Waals surface area (Å²) in [6.07, 6.45) is 4.91. The maximum atomic E-state index is 14.2. The van der Waals surface area contributed by atoms with Crippen LogP contribution in [0.25, 0.3) is 10.9 Å². The molecule has 3 aromatic rings. The molecule has 2 amide bonds. The first kappa shape index (κ1) is 21.4. The van der Waals surface area contributed by atoms with Gasteiger partial charge < -0.3 is 19.5 Å². The lowest BCUT2D eigenvalue weighted by atomic mass is 9.82. The largest absolute Gasteiger partial charge is 0.376 e. The zero-order chi connectivity index (χ0) is 23.3. The summed E-state index contributed by atoms with van der Waals surface area (Å²) in [4.78, 5) is 30.0. The van der Waals surface area contributed by atoms with E-state index in [1.165, 1.54) is 11.1 Å². The van der Waals surface area contributed by atoms with Gasteiger partial charge in [0.05, 0.1) is 18.7 Å². The molecule has 3 atom stereocenters. The minimum absolute atomic E-state index is 0.0543. The number of nitrogens with one attached hydrogen (secondary N) is 1. The molecule has 0 spiro atoms. The van der Waals surface area contributed by atoms with Gasteiger partial charge in [0, 0.05) is 24.1 Å². The van der Waals surface area contributed by atoms with Crippen molar-refractivity contribution < 1.29 is 14.3 Å². The second kappa shape index (κ2) is 8.27. The van der Waals surface area contributed by atoms with E-state index in [0.29, 0.717) is 18.8 Å². The van der Waals surface area contributed by atoms with Gasteiger partial charge in [0.25, 0.3) is 5.91 Å². The van der Waals surface area contributed by atoms with Gasteiger partial charge in [-0.25, -0.2) is 0 Å². The Kier molecular flexibility index (Phi) is 5.21. The van der Waals surface area contributed by atoms with Crippen LogP contribution in [0.1, 0.15) is 60.3 Å². The van der Waals surface area contributed by atoms with Crippen molar-refractivity contribution in [3.05, 3.63) is 71.4 Å². The second-order valence-electron chi connectivity index (χ2n) is 10.1. The fourth-order valence-electron chi connectivity index (χ4n) is 6.15. The molecule has 3 heterocycles. The number of fused-ring (bicyclic) bond motifs is 4. The van der Waals surface area contributed by atoms with Crippen molar-refractivity contribution in [2.45, 2.75) is 63.3 Å². The molecule has 1 saturated heterocycles. The molecule has 2 aromatic carbocycles. The first-order valence-electron chi connectivity index (χ1n) is 12.5. The highest BCUT2D eigenvalue weighted by molar-refractivity contribution is 6.04. The quantitative estimate of drug-likeness (QED) is 0.638. The molecule has 6 nitrogen and oxygen atoms in total. The zero-order valence-corrected chi connectivity index (χ0v) is 19.6. The van der Waals surface area contributed by atoms with Gasteiger partial charge in [-0.1, -0.05) is 42.5 Å². The predicted octanol–water partition coefficient (Wildman–Crippen LogP) is 4.23. The number of hydrogen-bond donors (Lipinski definition) is 1. The number of nitrogens with zero attached hydrogens (tertiary/aromatic N) is 2. The van der Waals surface area contributed by atoms with Crippen LogP contribution in [0.3, 0.4) is 0 Å². The summed E-state index contributed by atoms with van der Waals surface area (Å²) in [5.74, 6) is -0.179. The Morgan fingerprint density at radius 2 is 1.94 bits per heavy atom. The Morgan fingerprint density at radius 3 is 2.79 bits per heavy atom. The van der Waals surface area contributed by atoms with Gasteiger partial charge in [-0.2, -0.15) is 0 Å². The molecular weight excluding hydrogens is 426 g/mol. The van der Waals surface area contributed by atoms with Crippen LogP contribution in [0.5, 0.6) is 0 Å². The zero-order valence-electron chi connectivity index (χ0n) is 19.6. The summed E-state index contributed by atoms with van der Waals surface area (Å²) in [6.45, 7) is 3.60. The highest BCUT2D eigenvalue weighted by Crippen LogP contribution is 2.43. The summed E-state index contributed by atoms with van der Waals surface area (Å²) in [5, 5.41) is 4.18. The number of carbonyl (C=O) groups is 2. The van der Waals surface area contributed by atoms with Crippen LogP contribution in [-0.4, -0.2) is 46.1 Å². The van der Waals surface area contributed by atoms with Gasteiger partial charge in [-0.05, 0) is 62.3 Å². The summed E-state index contributed by atoms with van der Waals surface area (Å²) in [5.41, 5.74) is 3.09. The number of aryl methyl sites for hydroxylation is 1. The summed E-state index contributed by atoms with van der Waals surface area (Å²) in [6, 6.07) is 18.3. The Balaban J connectivity index is 1.44. The first-order valence-corrected chi connectivity index (χ1v) is 12.5. The fourth-order valence-corrected chi connectivity index (χ4v) is 6.15. The van der Waals surface area contributed by atoms with Crippen molar-refractivity contribution in [2.75, 3.05) is 13.2 Å². The molecule has 2 aliphatic heterocycles. The molecule has 1 aliphatic carbocycles. The number of benzene rings is 2. The third-order valence-corrected chi connectivity index (χ3v) is 7.90. The molecule has 34 heavy (non-hydrogen) atoms. The molecule has 1 aromatic heterocycles. The van der Waals surface area contributed by atoms with Crippen molar-refractivity contribution in [3.8, 4) is 0 Å². The van der Waals surface area contributed by atoms with E-state index < -0.39 is 5.54 Å². The number of para-hydroxylation sites is 1. The average Bonchev–Trinajstić information content (AvgIpc) is 3.51. The Hall–Kier alpha value is -3.12. The van der Waals surface area contributed by atoms with E-state index in [4.69, 9.17) is 4.74 Å². The van der Waals surface area contributed by atoms with Gasteiger partial charge in [0.15, 0.2) is 0 Å². The van der Waals surface area contributed by atoms with E-state index in [0.717, 1.165) is 49.6 Å². The van der Waals surface area contributed by atoms with Crippen LogP contribution in [0.4, 0.5) is 0 Å². The maximum absolute atomic E-state index is 14.2. The number of aromatic nitrogens is 1. The molecule has 1 fully saturated rings. The Morgan fingerprint density at radius 1 is 1.12 bits per heavy atom. The number of rotatable bonds is 4. The lowest BCUT2D eigenvalue weighted by molar-refractivity contribution is -0.135. The third kappa shape index (κ3) is 3.35. The fraction of sp³-hybridized carbons (Fsp3) is 0.429.